The molecule has 1 heterocycles. The summed E-state index contributed by atoms with van der Waals surface area (Å²) in [4.78, 5) is 58.4. The van der Waals surface area contributed by atoms with Crippen molar-refractivity contribution < 1.29 is 128 Å². The number of ether oxygens (including phenoxy) is 21. The number of aliphatic hydroxyl groups is 1. The molecular formula is C63H80O27Si. The zero-order valence-corrected chi connectivity index (χ0v) is 55.9. The number of benzene rings is 5. The molecule has 0 unspecified atom stereocenters. The summed E-state index contributed by atoms with van der Waals surface area (Å²) < 4.78 is 130. The fourth-order valence-electron chi connectivity index (χ4n) is 9.84. The van der Waals surface area contributed by atoms with Crippen molar-refractivity contribution in [1.29, 1.82) is 0 Å². The number of carbonyl (C=O) groups is 4. The lowest BCUT2D eigenvalue weighted by atomic mass is 9.91. The van der Waals surface area contributed by atoms with Gasteiger partial charge in [-0.15, -0.1) is 0 Å². The first-order valence-electron chi connectivity index (χ1n) is 27.8. The highest BCUT2D eigenvalue weighted by Gasteiger charge is 2.55. The molecule has 0 saturated carbocycles. The zero-order chi connectivity index (χ0) is 67.4. The highest BCUT2D eigenvalue weighted by atomic mass is 28.4. The number of aliphatic hydroxyl groups excluding tert-OH is 1. The Morgan fingerprint density at radius 3 is 1.25 bits per heavy atom. The Bertz CT molecular complexity index is 3380. The SMILES string of the molecule is COC(=O)c1cc(OC)c(OC)c(OC)c1Oc1cc(CO)c(-c2c(C(=O)OC[C@H]3O[C@H](OC)[C@H](OC(=O)c4cc(OC)c(OC)c(OC)c4)[C@@H](OC(=O)c4cc(OC)c(OC)c(OC)c4)[C@@H]3O[Si](C)(C)C(C)(C)C)cc(OC)c(OC)c2OC)c(OC)c1OC. The fourth-order valence-corrected chi connectivity index (χ4v) is 11.2. The van der Waals surface area contributed by atoms with Crippen molar-refractivity contribution in [2.24, 2.45) is 0 Å². The monoisotopic (exact) mass is 1300 g/mol. The van der Waals surface area contributed by atoms with Gasteiger partial charge in [-0.25, -0.2) is 19.2 Å². The number of hydrogen-bond donors (Lipinski definition) is 1. The van der Waals surface area contributed by atoms with Crippen molar-refractivity contribution in [3.05, 3.63) is 70.3 Å². The maximum Gasteiger partial charge on any atom is 0.341 e. The molecule has 27 nitrogen and oxygen atoms in total. The molecule has 0 bridgehead atoms. The van der Waals surface area contributed by atoms with Gasteiger partial charge in [0.25, 0.3) is 0 Å². The van der Waals surface area contributed by atoms with E-state index >= 15 is 4.79 Å². The van der Waals surface area contributed by atoms with Crippen LogP contribution in [0.5, 0.6) is 92.0 Å². The Kier molecular flexibility index (Phi) is 24.0. The summed E-state index contributed by atoms with van der Waals surface area (Å²) in [6.45, 7) is 8.30. The Morgan fingerprint density at radius 2 is 0.846 bits per heavy atom. The van der Waals surface area contributed by atoms with Crippen LogP contribution in [-0.2, 0) is 39.5 Å². The topological polar surface area (TPSA) is 292 Å². The van der Waals surface area contributed by atoms with Crippen molar-refractivity contribution in [3.8, 4) is 103 Å². The molecule has 5 aromatic rings. The van der Waals surface area contributed by atoms with Crippen LogP contribution in [-0.4, -0.2) is 188 Å². The standard InChI is InChI=1S/C63H80O27Si/c1-63(2,3)91(20,21)90-52-43(87-62(84-19)57(89-59(66)32-24-38(71-6)48(76-11)39(25-32)72-7)56(52)88-58(65)31-22-36(69-4)47(75-10)37(23-31)70-5)30-85-61(68)34-27-40(73-8)49(77-12)54(81-16)45(34)44-33(29-64)26-42(51(79-14)53(44)80-15)86-46-35(60(67)83-18)28-41(74-9)50(78-13)55(46)82-17/h22-28,43,52,56-57,62,64H,29-30H2,1-21H3/t43-,52-,56+,57-,62+/m1/s1. The molecule has 498 valence electrons. The van der Waals surface area contributed by atoms with Gasteiger partial charge in [0.2, 0.25) is 34.5 Å². The minimum atomic E-state index is -3.09. The number of hydrogen-bond acceptors (Lipinski definition) is 27. The predicted octanol–water partition coefficient (Wildman–Crippen LogP) is 8.91. The lowest BCUT2D eigenvalue weighted by Crippen LogP contribution is -2.65. The summed E-state index contributed by atoms with van der Waals surface area (Å²) >= 11 is 0. The van der Waals surface area contributed by atoms with Crippen LogP contribution < -0.4 is 71.1 Å². The third-order valence-electron chi connectivity index (χ3n) is 15.3. The van der Waals surface area contributed by atoms with E-state index in [2.05, 4.69) is 0 Å². The van der Waals surface area contributed by atoms with E-state index in [1.807, 2.05) is 33.9 Å². The predicted molar refractivity (Wildman–Crippen MR) is 327 cm³/mol. The second kappa shape index (κ2) is 30.7. The van der Waals surface area contributed by atoms with Crippen molar-refractivity contribution in [2.45, 2.75) is 76.2 Å². The van der Waals surface area contributed by atoms with E-state index in [0.717, 1.165) is 0 Å². The molecule has 1 aliphatic rings. The Balaban J connectivity index is 1.57. The highest BCUT2D eigenvalue weighted by molar-refractivity contribution is 6.74. The summed E-state index contributed by atoms with van der Waals surface area (Å²) in [7, 11) is 18.2. The van der Waals surface area contributed by atoms with Crippen LogP contribution in [0.1, 0.15) is 67.8 Å². The Labute approximate surface area is 528 Å². The van der Waals surface area contributed by atoms with E-state index in [4.69, 9.17) is 104 Å². The quantitative estimate of drug-likeness (QED) is 0.0265. The molecule has 1 N–H and O–H groups in total. The average Bonchev–Trinajstić information content (AvgIpc) is 0.786. The molecule has 91 heavy (non-hydrogen) atoms. The van der Waals surface area contributed by atoms with Gasteiger partial charge in [0.15, 0.2) is 84.3 Å². The van der Waals surface area contributed by atoms with Gasteiger partial charge in [0, 0.05) is 24.3 Å². The molecule has 0 radical (unpaired) electrons. The first-order valence-corrected chi connectivity index (χ1v) is 30.7. The van der Waals surface area contributed by atoms with Crippen molar-refractivity contribution in [3.63, 3.8) is 0 Å². The van der Waals surface area contributed by atoms with Crippen LogP contribution >= 0.6 is 0 Å². The van der Waals surface area contributed by atoms with Crippen LogP contribution in [0.4, 0.5) is 0 Å². The fraction of sp³-hybridized carbons (Fsp3) is 0.460. The van der Waals surface area contributed by atoms with Gasteiger partial charge in [-0.05, 0) is 60.1 Å². The van der Waals surface area contributed by atoms with Crippen LogP contribution in [0.2, 0.25) is 18.1 Å². The summed E-state index contributed by atoms with van der Waals surface area (Å²) in [5.74, 6) is -3.75. The van der Waals surface area contributed by atoms with Crippen molar-refractivity contribution in [2.75, 3.05) is 120 Å². The van der Waals surface area contributed by atoms with Crippen molar-refractivity contribution >= 4 is 32.2 Å². The molecule has 5 aromatic carbocycles. The van der Waals surface area contributed by atoms with Gasteiger partial charge < -0.3 is 109 Å². The molecule has 1 aliphatic heterocycles. The maximum atomic E-state index is 15.5. The Hall–Kier alpha value is -8.96. The minimum Gasteiger partial charge on any atom is -0.493 e. The molecule has 0 spiro atoms. The molecular weight excluding hydrogens is 1220 g/mol. The first kappa shape index (κ1) is 71.1. The molecule has 0 aliphatic carbocycles. The zero-order valence-electron chi connectivity index (χ0n) is 54.9. The van der Waals surface area contributed by atoms with Gasteiger partial charge in [0.05, 0.1) is 130 Å². The second-order valence-electron chi connectivity index (χ2n) is 21.1. The molecule has 6 rings (SSSR count). The lowest BCUT2D eigenvalue weighted by molar-refractivity contribution is -0.289. The molecule has 0 amide bonds. The normalized spacial score (nSPS) is 16.2. The van der Waals surface area contributed by atoms with E-state index in [0.29, 0.717) is 0 Å². The van der Waals surface area contributed by atoms with Gasteiger partial charge in [-0.1, -0.05) is 20.8 Å². The summed E-state index contributed by atoms with van der Waals surface area (Å²) in [6.07, 6.45) is -7.72. The van der Waals surface area contributed by atoms with Crippen LogP contribution in [0, 0.1) is 0 Å². The van der Waals surface area contributed by atoms with E-state index in [1.165, 1.54) is 156 Å². The van der Waals surface area contributed by atoms with E-state index in [1.54, 1.807) is 0 Å². The van der Waals surface area contributed by atoms with Gasteiger partial charge in [-0.2, -0.15) is 0 Å². The van der Waals surface area contributed by atoms with Gasteiger partial charge >= 0.3 is 23.9 Å². The largest absolute Gasteiger partial charge is 0.493 e. The highest BCUT2D eigenvalue weighted by Crippen LogP contribution is 2.57. The van der Waals surface area contributed by atoms with E-state index < -0.39 is 81.2 Å². The van der Waals surface area contributed by atoms with E-state index in [9.17, 15) is 19.5 Å². The smallest absolute Gasteiger partial charge is 0.341 e. The van der Waals surface area contributed by atoms with Crippen molar-refractivity contribution in [1.82, 2.24) is 0 Å². The van der Waals surface area contributed by atoms with Crippen LogP contribution in [0.25, 0.3) is 11.1 Å². The van der Waals surface area contributed by atoms with Gasteiger partial charge in [-0.3, -0.25) is 0 Å². The Morgan fingerprint density at radius 1 is 0.440 bits per heavy atom. The third kappa shape index (κ3) is 14.3. The van der Waals surface area contributed by atoms with Crippen LogP contribution in [0.15, 0.2) is 42.5 Å². The molecule has 5 atom stereocenters. The number of esters is 4. The minimum absolute atomic E-state index is 0.00514. The molecule has 1 saturated heterocycles. The number of rotatable bonds is 29. The average molecular weight is 1300 g/mol. The van der Waals surface area contributed by atoms with E-state index in [-0.39, 0.29) is 131 Å². The van der Waals surface area contributed by atoms with Crippen LogP contribution in [0.3, 0.4) is 0 Å². The second-order valence-corrected chi connectivity index (χ2v) is 25.9. The maximum absolute atomic E-state index is 15.5. The first-order chi connectivity index (χ1) is 43.4. The number of carbonyl (C=O) groups excluding carboxylic acids is 4. The molecule has 28 heteroatoms. The number of methoxy groups -OCH3 is 16. The summed E-state index contributed by atoms with van der Waals surface area (Å²) in [6, 6.07) is 9.49. The third-order valence-corrected chi connectivity index (χ3v) is 19.8. The van der Waals surface area contributed by atoms with Gasteiger partial charge in [0.1, 0.15) is 24.4 Å². The molecule has 0 aromatic heterocycles. The summed E-state index contributed by atoms with van der Waals surface area (Å²) in [5, 5.41) is 10.9. The summed E-state index contributed by atoms with van der Waals surface area (Å²) in [5.41, 5.74) is -0.662. The lowest BCUT2D eigenvalue weighted by Gasteiger charge is -2.48. The molecule has 1 fully saturated rings.